The zero-order chi connectivity index (χ0) is 37.9. The summed E-state index contributed by atoms with van der Waals surface area (Å²) in [7, 11) is 0. The molecule has 1 aromatic heterocycles. The highest BCUT2D eigenvalue weighted by molar-refractivity contribution is 7.01. The van der Waals surface area contributed by atoms with E-state index in [4.69, 9.17) is 23.4 Å². The highest BCUT2D eigenvalue weighted by Crippen LogP contribution is 2.52. The summed E-state index contributed by atoms with van der Waals surface area (Å²) in [6.45, 7) is 20.3. The number of nitrogens with zero attached hydrogens (tertiary/aromatic N) is 2. The molecule has 0 saturated carbocycles. The fourth-order valence-electron chi connectivity index (χ4n) is 9.43. The number of furan rings is 1. The molecule has 4 aliphatic heterocycles. The maximum absolute atomic E-state index is 7.06. The predicted octanol–water partition coefficient (Wildman–Crippen LogP) is 9.68. The molecular formula is C47H47BN2O5. The van der Waals surface area contributed by atoms with Crippen molar-refractivity contribution in [3.05, 3.63) is 100 Å². The van der Waals surface area contributed by atoms with E-state index >= 15 is 0 Å². The molecule has 10 rings (SSSR count). The summed E-state index contributed by atoms with van der Waals surface area (Å²) in [5.74, 6) is 4.00. The Kier molecular flexibility index (Phi) is 7.58. The SMILES string of the molecule is Cc1cc2c3c(c1)N(c1c(C)cc4c(c1C)OCCCO4)c1oc4ccccc4c1B3c1cc3c(cc1N2c1c(C)cc(C(C)(C)C)cc1C)OCCCO3. The van der Waals surface area contributed by atoms with Crippen LogP contribution in [0, 0.1) is 34.6 Å². The van der Waals surface area contributed by atoms with Crippen molar-refractivity contribution >= 4 is 68.4 Å². The van der Waals surface area contributed by atoms with Gasteiger partial charge in [-0.05, 0) is 109 Å². The van der Waals surface area contributed by atoms with Crippen molar-refractivity contribution in [1.82, 2.24) is 0 Å². The first-order chi connectivity index (χ1) is 26.5. The van der Waals surface area contributed by atoms with Crippen molar-refractivity contribution in [2.45, 2.75) is 73.6 Å². The van der Waals surface area contributed by atoms with Crippen LogP contribution < -0.4 is 45.1 Å². The van der Waals surface area contributed by atoms with Gasteiger partial charge in [-0.15, -0.1) is 0 Å². The summed E-state index contributed by atoms with van der Waals surface area (Å²) < 4.78 is 32.6. The van der Waals surface area contributed by atoms with Crippen LogP contribution in [0.3, 0.4) is 0 Å². The van der Waals surface area contributed by atoms with E-state index in [2.05, 4.69) is 132 Å². The van der Waals surface area contributed by atoms with E-state index in [0.29, 0.717) is 26.4 Å². The lowest BCUT2D eigenvalue weighted by Crippen LogP contribution is -2.61. The highest BCUT2D eigenvalue weighted by atomic mass is 16.5. The van der Waals surface area contributed by atoms with Crippen molar-refractivity contribution in [3.63, 3.8) is 0 Å². The molecule has 55 heavy (non-hydrogen) atoms. The first-order valence-electron chi connectivity index (χ1n) is 19.7. The average Bonchev–Trinajstić information content (AvgIpc) is 3.25. The number of ether oxygens (including phenoxy) is 4. The minimum atomic E-state index is -0.139. The van der Waals surface area contributed by atoms with E-state index in [-0.39, 0.29) is 12.1 Å². The molecule has 0 atom stereocenters. The Labute approximate surface area is 323 Å². The van der Waals surface area contributed by atoms with E-state index in [1.807, 2.05) is 0 Å². The fourth-order valence-corrected chi connectivity index (χ4v) is 9.43. The molecular weight excluding hydrogens is 683 g/mol. The second-order valence-corrected chi connectivity index (χ2v) is 16.8. The van der Waals surface area contributed by atoms with Gasteiger partial charge in [-0.25, -0.2) is 0 Å². The zero-order valence-corrected chi connectivity index (χ0v) is 33.1. The van der Waals surface area contributed by atoms with Crippen LogP contribution in [0.2, 0.25) is 0 Å². The Hall–Kier alpha value is -5.50. The average molecular weight is 731 g/mol. The largest absolute Gasteiger partial charge is 0.490 e. The van der Waals surface area contributed by atoms with Gasteiger partial charge in [0.15, 0.2) is 23.0 Å². The Morgan fingerprint density at radius 1 is 0.600 bits per heavy atom. The topological polar surface area (TPSA) is 56.5 Å². The third kappa shape index (κ3) is 5.09. The van der Waals surface area contributed by atoms with Crippen LogP contribution in [-0.2, 0) is 5.41 Å². The number of anilines is 6. The standard InChI is InChI=1S/C47H47BN2O5/c1-26-19-35-42-36(20-26)50(44-29(4)23-40-45(30(44)5)54-18-12-17-53-40)46-41(32-13-9-10-14-37(32)55-46)48(42)33-24-38-39(52-16-11-15-51-38)25-34(33)49(35)43-27(2)21-31(22-28(43)3)47(6,7)8/h9-10,13-14,19-25H,11-12,15-18H2,1-8H3. The van der Waals surface area contributed by atoms with Gasteiger partial charge >= 0.3 is 0 Å². The van der Waals surface area contributed by atoms with Crippen molar-refractivity contribution in [2.24, 2.45) is 0 Å². The molecule has 0 aliphatic carbocycles. The lowest BCUT2D eigenvalue weighted by molar-refractivity contribution is 0.296. The molecule has 4 aliphatic rings. The third-order valence-electron chi connectivity index (χ3n) is 11.8. The molecule has 8 heteroatoms. The molecule has 0 spiro atoms. The molecule has 278 valence electrons. The normalized spacial score (nSPS) is 15.7. The van der Waals surface area contributed by atoms with Crippen LogP contribution in [0.1, 0.15) is 67.0 Å². The number of para-hydroxylation sites is 1. The van der Waals surface area contributed by atoms with E-state index in [1.165, 1.54) is 33.3 Å². The summed E-state index contributed by atoms with van der Waals surface area (Å²) in [5, 5.41) is 1.10. The zero-order valence-electron chi connectivity index (χ0n) is 33.1. The van der Waals surface area contributed by atoms with Gasteiger partial charge in [0.05, 0.1) is 37.8 Å². The quantitative estimate of drug-likeness (QED) is 0.164. The summed E-state index contributed by atoms with van der Waals surface area (Å²) in [5.41, 5.74) is 17.1. The predicted molar refractivity (Wildman–Crippen MR) is 224 cm³/mol. The van der Waals surface area contributed by atoms with Gasteiger partial charge in [-0.3, -0.25) is 4.90 Å². The van der Waals surface area contributed by atoms with Crippen LogP contribution in [0.4, 0.5) is 34.3 Å². The molecule has 0 radical (unpaired) electrons. The van der Waals surface area contributed by atoms with Crippen molar-refractivity contribution in [3.8, 4) is 23.0 Å². The Balaban J connectivity index is 1.33. The highest BCUT2D eigenvalue weighted by Gasteiger charge is 2.48. The van der Waals surface area contributed by atoms with Crippen LogP contribution >= 0.6 is 0 Å². The summed E-state index contributed by atoms with van der Waals surface area (Å²) in [6, 6.07) is 24.5. The van der Waals surface area contributed by atoms with Crippen LogP contribution in [0.15, 0.2) is 71.1 Å². The second kappa shape index (κ2) is 12.3. The van der Waals surface area contributed by atoms with Crippen LogP contribution in [-0.4, -0.2) is 33.1 Å². The monoisotopic (exact) mass is 730 g/mol. The summed E-state index contributed by atoms with van der Waals surface area (Å²) in [4.78, 5) is 4.87. The van der Waals surface area contributed by atoms with Crippen molar-refractivity contribution < 1.29 is 23.4 Å². The lowest BCUT2D eigenvalue weighted by Gasteiger charge is -2.44. The van der Waals surface area contributed by atoms with Gasteiger partial charge in [0.2, 0.25) is 5.88 Å². The van der Waals surface area contributed by atoms with Crippen LogP contribution in [0.5, 0.6) is 23.0 Å². The smallest absolute Gasteiger partial charge is 0.257 e. The number of benzene rings is 5. The number of rotatable bonds is 2. The first kappa shape index (κ1) is 34.0. The second-order valence-electron chi connectivity index (χ2n) is 16.8. The molecule has 0 saturated heterocycles. The number of hydrogen-bond donors (Lipinski definition) is 0. The first-order valence-corrected chi connectivity index (χ1v) is 19.7. The van der Waals surface area contributed by atoms with Gasteiger partial charge in [0, 0.05) is 52.4 Å². The minimum absolute atomic E-state index is 0.0154. The van der Waals surface area contributed by atoms with E-state index < -0.39 is 0 Å². The Morgan fingerprint density at radius 2 is 1.22 bits per heavy atom. The molecule has 0 N–H and O–H groups in total. The Bertz CT molecular complexity index is 2560. The van der Waals surface area contributed by atoms with Gasteiger partial charge in [0.25, 0.3) is 6.71 Å². The maximum Gasteiger partial charge on any atom is 0.257 e. The van der Waals surface area contributed by atoms with E-state index in [0.717, 1.165) is 97.6 Å². The van der Waals surface area contributed by atoms with Crippen molar-refractivity contribution in [2.75, 3.05) is 36.2 Å². The number of fused-ring (bicyclic) bond motifs is 8. The fraction of sp³-hybridized carbons (Fsp3) is 0.319. The molecule has 0 amide bonds. The summed E-state index contributed by atoms with van der Waals surface area (Å²) in [6.07, 6.45) is 1.68. The lowest BCUT2D eigenvalue weighted by atomic mass is 9.33. The Morgan fingerprint density at radius 3 is 1.93 bits per heavy atom. The molecule has 7 nitrogen and oxygen atoms in total. The molecule has 0 fully saturated rings. The number of aryl methyl sites for hydroxylation is 4. The van der Waals surface area contributed by atoms with Gasteiger partial charge in [-0.2, -0.15) is 0 Å². The number of hydrogen-bond acceptors (Lipinski definition) is 7. The van der Waals surface area contributed by atoms with Gasteiger partial charge in [-0.1, -0.05) is 51.1 Å². The minimum Gasteiger partial charge on any atom is -0.490 e. The van der Waals surface area contributed by atoms with Crippen molar-refractivity contribution in [1.29, 1.82) is 0 Å². The molecule has 6 aromatic rings. The maximum atomic E-state index is 7.06. The third-order valence-corrected chi connectivity index (χ3v) is 11.8. The molecule has 5 heterocycles. The van der Waals surface area contributed by atoms with Crippen LogP contribution in [0.25, 0.3) is 11.0 Å². The molecule has 0 bridgehead atoms. The van der Waals surface area contributed by atoms with Gasteiger partial charge < -0.3 is 28.3 Å². The van der Waals surface area contributed by atoms with E-state index in [1.54, 1.807) is 0 Å². The van der Waals surface area contributed by atoms with E-state index in [9.17, 15) is 0 Å². The molecule has 0 unspecified atom stereocenters. The molecule has 5 aromatic carbocycles. The summed E-state index contributed by atoms with van der Waals surface area (Å²) >= 11 is 0. The van der Waals surface area contributed by atoms with Gasteiger partial charge in [0.1, 0.15) is 5.58 Å².